The fourth-order valence-electron chi connectivity index (χ4n) is 2.89. The molecule has 0 radical (unpaired) electrons. The molecule has 0 saturated carbocycles. The van der Waals surface area contributed by atoms with E-state index in [4.69, 9.17) is 4.74 Å². The molecule has 1 fully saturated rings. The lowest BCUT2D eigenvalue weighted by atomic mass is 10.1. The number of hydrogen-bond donors (Lipinski definition) is 2. The first-order chi connectivity index (χ1) is 11.3. The van der Waals surface area contributed by atoms with E-state index in [1.807, 2.05) is 54.6 Å². The van der Waals surface area contributed by atoms with Gasteiger partial charge in [-0.25, -0.2) is 0 Å². The highest BCUT2D eigenvalue weighted by Gasteiger charge is 2.17. The summed E-state index contributed by atoms with van der Waals surface area (Å²) < 4.78 is 5.74. The number of para-hydroxylation sites is 1. The van der Waals surface area contributed by atoms with Crippen molar-refractivity contribution < 1.29 is 14.4 Å². The molecule has 0 aliphatic carbocycles. The summed E-state index contributed by atoms with van der Waals surface area (Å²) in [5.41, 5.74) is 0.812. The molecule has 2 aromatic carbocycles. The maximum absolute atomic E-state index is 12.1. The van der Waals surface area contributed by atoms with E-state index in [1.54, 1.807) is 0 Å². The maximum Gasteiger partial charge on any atom is 0.279 e. The predicted molar refractivity (Wildman–Crippen MR) is 91.0 cm³/mol. The highest BCUT2D eigenvalue weighted by molar-refractivity contribution is 5.91. The van der Waals surface area contributed by atoms with Crippen LogP contribution in [-0.4, -0.2) is 25.5 Å². The predicted octanol–water partition coefficient (Wildman–Crippen LogP) is 2.49. The number of carbonyl (C=O) groups excluding carboxylic acids is 1. The summed E-state index contributed by atoms with van der Waals surface area (Å²) in [4.78, 5) is 13.5. The molecule has 0 spiro atoms. The molecule has 0 aromatic heterocycles. The van der Waals surface area contributed by atoms with Gasteiger partial charge in [0.05, 0.1) is 13.1 Å². The van der Waals surface area contributed by atoms with E-state index in [2.05, 4.69) is 5.32 Å². The molecule has 1 heterocycles. The first-order valence-corrected chi connectivity index (χ1v) is 8.26. The monoisotopic (exact) mass is 311 g/mol. The van der Waals surface area contributed by atoms with Crippen molar-refractivity contribution in [1.29, 1.82) is 0 Å². The van der Waals surface area contributed by atoms with Crippen LogP contribution in [0.1, 0.15) is 19.3 Å². The van der Waals surface area contributed by atoms with Crippen molar-refractivity contribution in [2.24, 2.45) is 0 Å². The highest BCUT2D eigenvalue weighted by atomic mass is 16.5. The molecular weight excluding hydrogens is 288 g/mol. The van der Waals surface area contributed by atoms with Crippen LogP contribution >= 0.6 is 0 Å². The average Bonchev–Trinajstić information content (AvgIpc) is 2.58. The molecule has 2 N–H and O–H groups in total. The van der Waals surface area contributed by atoms with Gasteiger partial charge < -0.3 is 15.0 Å². The second-order valence-corrected chi connectivity index (χ2v) is 5.98. The Kier molecular flexibility index (Phi) is 5.27. The molecule has 23 heavy (non-hydrogen) atoms. The standard InChI is InChI=1S/C19H22N2O2/c22-19(15-21-13-5-2-6-14-21)20-16-9-11-18(12-10-16)23-17-7-3-1-4-8-17/h1,3-4,7-12H,2,5-6,13-15H2,(H,20,22)/p+1. The van der Waals surface area contributed by atoms with Crippen molar-refractivity contribution in [1.82, 2.24) is 0 Å². The largest absolute Gasteiger partial charge is 0.457 e. The Hall–Kier alpha value is -2.33. The van der Waals surface area contributed by atoms with Gasteiger partial charge in [0.1, 0.15) is 11.5 Å². The minimum absolute atomic E-state index is 0.0821. The molecule has 1 saturated heterocycles. The number of likely N-dealkylation sites (tertiary alicyclic amines) is 1. The number of nitrogens with one attached hydrogen (secondary N) is 2. The van der Waals surface area contributed by atoms with Crippen LogP contribution in [0.5, 0.6) is 11.5 Å². The van der Waals surface area contributed by atoms with Crippen molar-refractivity contribution >= 4 is 11.6 Å². The topological polar surface area (TPSA) is 42.8 Å². The number of benzene rings is 2. The zero-order valence-corrected chi connectivity index (χ0v) is 13.3. The minimum Gasteiger partial charge on any atom is -0.457 e. The van der Waals surface area contributed by atoms with Gasteiger partial charge in [0.25, 0.3) is 5.91 Å². The van der Waals surface area contributed by atoms with Gasteiger partial charge in [0, 0.05) is 5.69 Å². The normalized spacial score (nSPS) is 15.1. The highest BCUT2D eigenvalue weighted by Crippen LogP contribution is 2.22. The number of ether oxygens (including phenoxy) is 1. The summed E-state index contributed by atoms with van der Waals surface area (Å²) in [5, 5.41) is 2.96. The van der Waals surface area contributed by atoms with E-state index >= 15 is 0 Å². The van der Waals surface area contributed by atoms with Crippen LogP contribution in [-0.2, 0) is 4.79 Å². The SMILES string of the molecule is O=C(C[NH+]1CCCCC1)Nc1ccc(Oc2ccccc2)cc1. The van der Waals surface area contributed by atoms with Gasteiger partial charge in [-0.1, -0.05) is 18.2 Å². The summed E-state index contributed by atoms with van der Waals surface area (Å²) >= 11 is 0. The van der Waals surface area contributed by atoms with Crippen LogP contribution in [0.25, 0.3) is 0 Å². The second-order valence-electron chi connectivity index (χ2n) is 5.98. The molecule has 4 nitrogen and oxygen atoms in total. The van der Waals surface area contributed by atoms with Crippen LogP contribution in [0.3, 0.4) is 0 Å². The van der Waals surface area contributed by atoms with Crippen LogP contribution in [0.2, 0.25) is 0 Å². The molecule has 3 rings (SSSR count). The second kappa shape index (κ2) is 7.79. The van der Waals surface area contributed by atoms with Gasteiger partial charge >= 0.3 is 0 Å². The third-order valence-electron chi connectivity index (χ3n) is 4.09. The number of carbonyl (C=O) groups is 1. The Labute approximate surface area is 137 Å². The zero-order chi connectivity index (χ0) is 15.9. The minimum atomic E-state index is 0.0821. The molecule has 0 unspecified atom stereocenters. The van der Waals surface area contributed by atoms with E-state index < -0.39 is 0 Å². The Morgan fingerprint density at radius 1 is 0.913 bits per heavy atom. The van der Waals surface area contributed by atoms with E-state index in [-0.39, 0.29) is 5.91 Å². The fourth-order valence-corrected chi connectivity index (χ4v) is 2.89. The Morgan fingerprint density at radius 3 is 2.26 bits per heavy atom. The average molecular weight is 311 g/mol. The number of rotatable bonds is 5. The lowest BCUT2D eigenvalue weighted by molar-refractivity contribution is -0.896. The van der Waals surface area contributed by atoms with Crippen molar-refractivity contribution in [3.8, 4) is 11.5 Å². The van der Waals surface area contributed by atoms with Crippen LogP contribution < -0.4 is 15.0 Å². The first kappa shape index (κ1) is 15.6. The van der Waals surface area contributed by atoms with Gasteiger partial charge in [0.2, 0.25) is 0 Å². The summed E-state index contributed by atoms with van der Waals surface area (Å²) in [6.45, 7) is 2.77. The number of piperidine rings is 1. The Morgan fingerprint density at radius 2 is 1.57 bits per heavy atom. The Bertz CT molecular complexity index is 620. The van der Waals surface area contributed by atoms with Crippen molar-refractivity contribution in [2.75, 3.05) is 25.0 Å². The van der Waals surface area contributed by atoms with Crippen LogP contribution in [0.4, 0.5) is 5.69 Å². The summed E-state index contributed by atoms with van der Waals surface area (Å²) in [6.07, 6.45) is 3.76. The molecular formula is C19H23N2O2+. The summed E-state index contributed by atoms with van der Waals surface area (Å²) in [5.74, 6) is 1.65. The van der Waals surface area contributed by atoms with Crippen LogP contribution in [0, 0.1) is 0 Å². The summed E-state index contributed by atoms with van der Waals surface area (Å²) in [7, 11) is 0. The summed E-state index contributed by atoms with van der Waals surface area (Å²) in [6, 6.07) is 17.2. The molecule has 1 amide bonds. The molecule has 1 aliphatic rings. The smallest absolute Gasteiger partial charge is 0.279 e. The molecule has 0 atom stereocenters. The zero-order valence-electron chi connectivity index (χ0n) is 13.3. The number of anilines is 1. The number of amides is 1. The molecule has 0 bridgehead atoms. The quantitative estimate of drug-likeness (QED) is 0.891. The fraction of sp³-hybridized carbons (Fsp3) is 0.316. The molecule has 2 aromatic rings. The van der Waals surface area contributed by atoms with Gasteiger partial charge in [-0.05, 0) is 55.7 Å². The molecule has 1 aliphatic heterocycles. The lowest BCUT2D eigenvalue weighted by Crippen LogP contribution is -3.13. The Balaban J connectivity index is 1.51. The third-order valence-corrected chi connectivity index (χ3v) is 4.09. The van der Waals surface area contributed by atoms with E-state index in [0.717, 1.165) is 30.3 Å². The lowest BCUT2D eigenvalue weighted by Gasteiger charge is -2.22. The van der Waals surface area contributed by atoms with Gasteiger partial charge in [0.15, 0.2) is 6.54 Å². The van der Waals surface area contributed by atoms with E-state index in [0.29, 0.717) is 6.54 Å². The number of quaternary nitrogens is 1. The molecule has 4 heteroatoms. The van der Waals surface area contributed by atoms with Crippen molar-refractivity contribution in [3.05, 3.63) is 54.6 Å². The number of hydrogen-bond acceptors (Lipinski definition) is 2. The van der Waals surface area contributed by atoms with Gasteiger partial charge in [-0.3, -0.25) is 4.79 Å². The third kappa shape index (κ3) is 4.83. The first-order valence-electron chi connectivity index (χ1n) is 8.26. The van der Waals surface area contributed by atoms with Crippen molar-refractivity contribution in [2.45, 2.75) is 19.3 Å². The maximum atomic E-state index is 12.1. The van der Waals surface area contributed by atoms with Gasteiger partial charge in [-0.15, -0.1) is 0 Å². The molecule has 120 valence electrons. The van der Waals surface area contributed by atoms with Gasteiger partial charge in [-0.2, -0.15) is 0 Å². The van der Waals surface area contributed by atoms with E-state index in [1.165, 1.54) is 24.2 Å². The van der Waals surface area contributed by atoms with E-state index in [9.17, 15) is 4.79 Å². The van der Waals surface area contributed by atoms with Crippen molar-refractivity contribution in [3.63, 3.8) is 0 Å². The van der Waals surface area contributed by atoms with Crippen LogP contribution in [0.15, 0.2) is 54.6 Å².